The van der Waals surface area contributed by atoms with E-state index in [1.807, 2.05) is 7.11 Å². The molecule has 3 fully saturated rings. The lowest BCUT2D eigenvalue weighted by atomic mass is 9.94. The molecule has 3 rings (SSSR count). The molecule has 0 spiro atoms. The van der Waals surface area contributed by atoms with Gasteiger partial charge < -0.3 is 14.8 Å². The zero-order valence-corrected chi connectivity index (χ0v) is 11.7. The first-order valence-corrected chi connectivity index (χ1v) is 7.32. The van der Waals surface area contributed by atoms with Crippen molar-refractivity contribution in [1.29, 1.82) is 0 Å². The highest BCUT2D eigenvalue weighted by Crippen LogP contribution is 2.38. The molecular weight excluding hydrogens is 228 g/mol. The third-order valence-corrected chi connectivity index (χ3v) is 5.26. The number of fused-ring (bicyclic) bond motifs is 2. The van der Waals surface area contributed by atoms with Gasteiger partial charge in [0.1, 0.15) is 5.60 Å². The van der Waals surface area contributed by atoms with Gasteiger partial charge in [0.25, 0.3) is 0 Å². The first-order chi connectivity index (χ1) is 8.76. The fourth-order valence-corrected chi connectivity index (χ4v) is 4.04. The van der Waals surface area contributed by atoms with Gasteiger partial charge in [0, 0.05) is 44.8 Å². The van der Waals surface area contributed by atoms with Crippen LogP contribution < -0.4 is 5.32 Å². The Morgan fingerprint density at radius 1 is 1.33 bits per heavy atom. The van der Waals surface area contributed by atoms with Gasteiger partial charge in [0.2, 0.25) is 0 Å². The van der Waals surface area contributed by atoms with Crippen molar-refractivity contribution in [2.75, 3.05) is 33.9 Å². The number of hydrogen-bond acceptors (Lipinski definition) is 4. The molecule has 3 saturated heterocycles. The van der Waals surface area contributed by atoms with E-state index in [1.54, 1.807) is 0 Å². The van der Waals surface area contributed by atoms with E-state index < -0.39 is 0 Å². The van der Waals surface area contributed by atoms with Crippen LogP contribution in [0.3, 0.4) is 0 Å². The molecule has 4 heteroatoms. The summed E-state index contributed by atoms with van der Waals surface area (Å²) in [6.45, 7) is 2.69. The van der Waals surface area contributed by atoms with Crippen LogP contribution in [-0.2, 0) is 9.47 Å². The van der Waals surface area contributed by atoms with E-state index in [2.05, 4.69) is 17.3 Å². The number of hydrogen-bond donors (Lipinski definition) is 1. The molecule has 0 radical (unpaired) electrons. The molecule has 1 N–H and O–H groups in total. The Balaban J connectivity index is 1.67. The summed E-state index contributed by atoms with van der Waals surface area (Å²) in [5.74, 6) is 0. The molecule has 0 amide bonds. The predicted molar refractivity (Wildman–Crippen MR) is 70.8 cm³/mol. The van der Waals surface area contributed by atoms with Crippen LogP contribution in [0.1, 0.15) is 32.1 Å². The normalized spacial score (nSPS) is 44.7. The van der Waals surface area contributed by atoms with E-state index in [4.69, 9.17) is 9.47 Å². The number of nitrogens with zero attached hydrogens (tertiary/aromatic N) is 1. The van der Waals surface area contributed by atoms with Crippen LogP contribution in [0.15, 0.2) is 0 Å². The lowest BCUT2D eigenvalue weighted by molar-refractivity contribution is -0.0576. The van der Waals surface area contributed by atoms with Crippen molar-refractivity contribution in [2.45, 2.75) is 55.8 Å². The number of methoxy groups -OCH3 is 1. The summed E-state index contributed by atoms with van der Waals surface area (Å²) in [7, 11) is 3.94. The molecule has 4 nitrogen and oxygen atoms in total. The second kappa shape index (κ2) is 5.08. The van der Waals surface area contributed by atoms with Gasteiger partial charge in [-0.05, 0) is 32.7 Å². The second-order valence-electron chi connectivity index (χ2n) is 6.20. The molecule has 3 unspecified atom stereocenters. The van der Waals surface area contributed by atoms with Crippen molar-refractivity contribution in [2.24, 2.45) is 0 Å². The minimum atomic E-state index is -0.0344. The minimum Gasteiger partial charge on any atom is -0.378 e. The standard InChI is InChI=1S/C14H26N2O2/c1-15-11-7-12-3-4-13(8-11)16(12)9-14(17-2)5-6-18-10-14/h11-13,15H,3-10H2,1-2H3. The van der Waals surface area contributed by atoms with Crippen LogP contribution in [0.2, 0.25) is 0 Å². The maximum absolute atomic E-state index is 5.80. The lowest BCUT2D eigenvalue weighted by Crippen LogP contribution is -2.54. The maximum atomic E-state index is 5.80. The molecule has 0 aromatic rings. The third kappa shape index (κ3) is 2.20. The number of nitrogens with one attached hydrogen (secondary N) is 1. The lowest BCUT2D eigenvalue weighted by Gasteiger charge is -2.42. The molecule has 18 heavy (non-hydrogen) atoms. The van der Waals surface area contributed by atoms with Crippen LogP contribution in [0.25, 0.3) is 0 Å². The Morgan fingerprint density at radius 3 is 2.56 bits per heavy atom. The summed E-state index contributed by atoms with van der Waals surface area (Å²) in [5.41, 5.74) is -0.0344. The van der Waals surface area contributed by atoms with Crippen molar-refractivity contribution in [3.63, 3.8) is 0 Å². The molecule has 0 aromatic carbocycles. The summed E-state index contributed by atoms with van der Waals surface area (Å²) in [5, 5.41) is 3.46. The molecule has 3 aliphatic heterocycles. The smallest absolute Gasteiger partial charge is 0.106 e. The summed E-state index contributed by atoms with van der Waals surface area (Å²) in [6.07, 6.45) is 6.38. The Kier molecular flexibility index (Phi) is 3.63. The monoisotopic (exact) mass is 254 g/mol. The third-order valence-electron chi connectivity index (χ3n) is 5.26. The molecule has 0 aromatic heterocycles. The van der Waals surface area contributed by atoms with Crippen molar-refractivity contribution >= 4 is 0 Å². The SMILES string of the molecule is CNC1CC2CCC(C1)N2CC1(OC)CCOC1. The average Bonchev–Trinajstić information content (AvgIpc) is 2.94. The summed E-state index contributed by atoms with van der Waals surface area (Å²) >= 11 is 0. The van der Waals surface area contributed by atoms with E-state index in [0.29, 0.717) is 0 Å². The predicted octanol–water partition coefficient (Wildman–Crippen LogP) is 1.01. The molecule has 104 valence electrons. The van der Waals surface area contributed by atoms with Gasteiger partial charge in [0.15, 0.2) is 0 Å². The van der Waals surface area contributed by atoms with Gasteiger partial charge in [-0.25, -0.2) is 0 Å². The van der Waals surface area contributed by atoms with Gasteiger partial charge >= 0.3 is 0 Å². The summed E-state index contributed by atoms with van der Waals surface area (Å²) in [6, 6.07) is 2.24. The highest BCUT2D eigenvalue weighted by Gasteiger charge is 2.45. The fraction of sp³-hybridized carbons (Fsp3) is 1.00. The van der Waals surface area contributed by atoms with Crippen molar-refractivity contribution in [1.82, 2.24) is 10.2 Å². The molecule has 3 heterocycles. The van der Waals surface area contributed by atoms with Crippen molar-refractivity contribution < 1.29 is 9.47 Å². The van der Waals surface area contributed by atoms with Gasteiger partial charge in [-0.15, -0.1) is 0 Å². The summed E-state index contributed by atoms with van der Waals surface area (Å²) < 4.78 is 11.4. The molecule has 2 bridgehead atoms. The van der Waals surface area contributed by atoms with Gasteiger partial charge in [-0.1, -0.05) is 0 Å². The Labute approximate surface area is 110 Å². The van der Waals surface area contributed by atoms with E-state index in [9.17, 15) is 0 Å². The van der Waals surface area contributed by atoms with Gasteiger partial charge in [-0.3, -0.25) is 4.90 Å². The quantitative estimate of drug-likeness (QED) is 0.812. The van der Waals surface area contributed by atoms with Crippen LogP contribution in [0, 0.1) is 0 Å². The average molecular weight is 254 g/mol. The first kappa shape index (κ1) is 12.9. The van der Waals surface area contributed by atoms with Crippen LogP contribution in [0.5, 0.6) is 0 Å². The largest absolute Gasteiger partial charge is 0.378 e. The Morgan fingerprint density at radius 2 is 2.06 bits per heavy atom. The maximum Gasteiger partial charge on any atom is 0.106 e. The second-order valence-corrected chi connectivity index (χ2v) is 6.20. The molecule has 3 atom stereocenters. The van der Waals surface area contributed by atoms with Crippen molar-refractivity contribution in [3.05, 3.63) is 0 Å². The van der Waals surface area contributed by atoms with Crippen LogP contribution in [0.4, 0.5) is 0 Å². The zero-order valence-electron chi connectivity index (χ0n) is 11.7. The van der Waals surface area contributed by atoms with E-state index in [1.165, 1.54) is 25.7 Å². The van der Waals surface area contributed by atoms with E-state index in [0.717, 1.165) is 44.3 Å². The molecule has 0 saturated carbocycles. The number of ether oxygens (including phenoxy) is 2. The van der Waals surface area contributed by atoms with Gasteiger partial charge in [0.05, 0.1) is 6.61 Å². The topological polar surface area (TPSA) is 33.7 Å². The van der Waals surface area contributed by atoms with Crippen molar-refractivity contribution in [3.8, 4) is 0 Å². The zero-order chi connectivity index (χ0) is 12.6. The molecular formula is C14H26N2O2. The summed E-state index contributed by atoms with van der Waals surface area (Å²) in [4.78, 5) is 2.71. The highest BCUT2D eigenvalue weighted by atomic mass is 16.5. The molecule has 3 aliphatic rings. The van der Waals surface area contributed by atoms with Crippen LogP contribution >= 0.6 is 0 Å². The minimum absolute atomic E-state index is 0.0344. The van der Waals surface area contributed by atoms with Gasteiger partial charge in [-0.2, -0.15) is 0 Å². The van der Waals surface area contributed by atoms with E-state index >= 15 is 0 Å². The number of rotatable bonds is 4. The highest BCUT2D eigenvalue weighted by molar-refractivity contribution is 5.01. The van der Waals surface area contributed by atoms with E-state index in [-0.39, 0.29) is 5.60 Å². The molecule has 0 aliphatic carbocycles. The Bertz CT molecular complexity index is 278. The fourth-order valence-electron chi connectivity index (χ4n) is 4.04. The van der Waals surface area contributed by atoms with Crippen LogP contribution in [-0.4, -0.2) is 62.5 Å². The first-order valence-electron chi connectivity index (χ1n) is 7.32. The number of piperidine rings is 1. The Hall–Kier alpha value is -0.160.